The van der Waals surface area contributed by atoms with Crippen LogP contribution < -0.4 is 16.4 Å². The van der Waals surface area contributed by atoms with E-state index in [1.807, 2.05) is 6.92 Å². The summed E-state index contributed by atoms with van der Waals surface area (Å²) in [5.74, 6) is 0. The molecule has 0 atom stereocenters. The molecule has 0 aromatic carbocycles. The molecule has 4 heteroatoms. The third-order valence-corrected chi connectivity index (χ3v) is 2.32. The highest BCUT2D eigenvalue weighted by molar-refractivity contribution is 5.73. The van der Waals surface area contributed by atoms with Crippen molar-refractivity contribution in [3.63, 3.8) is 0 Å². The Kier molecular flexibility index (Phi) is 7.13. The molecule has 0 unspecified atom stereocenters. The predicted octanol–water partition coefficient (Wildman–Crippen LogP) is 1.46. The third-order valence-electron chi connectivity index (χ3n) is 2.32. The van der Waals surface area contributed by atoms with Crippen LogP contribution in [0.25, 0.3) is 0 Å². The number of carbonyl (C=O) groups is 1. The standard InChI is InChI=1S/C11H25N3O/c1-4-8-13-10(15)14-9-11(2,3)6-5-7-12/h4-9,12H2,1-3H3,(H2,13,14,15). The van der Waals surface area contributed by atoms with Gasteiger partial charge in [0.25, 0.3) is 0 Å². The lowest BCUT2D eigenvalue weighted by Crippen LogP contribution is -2.41. The van der Waals surface area contributed by atoms with Crippen molar-refractivity contribution >= 4 is 6.03 Å². The second kappa shape index (κ2) is 7.51. The second-order valence-corrected chi connectivity index (χ2v) is 4.67. The number of amides is 2. The molecule has 0 rings (SSSR count). The van der Waals surface area contributed by atoms with Gasteiger partial charge in [-0.05, 0) is 31.2 Å². The summed E-state index contributed by atoms with van der Waals surface area (Å²) in [5, 5.41) is 5.66. The molecular weight excluding hydrogens is 190 g/mol. The van der Waals surface area contributed by atoms with Crippen molar-refractivity contribution in [3.8, 4) is 0 Å². The molecule has 0 heterocycles. The second-order valence-electron chi connectivity index (χ2n) is 4.67. The lowest BCUT2D eigenvalue weighted by Gasteiger charge is -2.24. The first-order valence-electron chi connectivity index (χ1n) is 5.73. The lowest BCUT2D eigenvalue weighted by atomic mass is 9.88. The zero-order chi connectivity index (χ0) is 11.7. The number of hydrogen-bond acceptors (Lipinski definition) is 2. The van der Waals surface area contributed by atoms with E-state index in [0.29, 0.717) is 13.1 Å². The van der Waals surface area contributed by atoms with E-state index < -0.39 is 0 Å². The van der Waals surface area contributed by atoms with Crippen LogP contribution in [0.2, 0.25) is 0 Å². The minimum absolute atomic E-state index is 0.0716. The fourth-order valence-electron chi connectivity index (χ4n) is 1.29. The molecule has 0 fully saturated rings. The van der Waals surface area contributed by atoms with Crippen LogP contribution in [0.3, 0.4) is 0 Å². The van der Waals surface area contributed by atoms with Crippen LogP contribution in [0.15, 0.2) is 0 Å². The van der Waals surface area contributed by atoms with Crippen LogP contribution in [0.5, 0.6) is 0 Å². The van der Waals surface area contributed by atoms with Crippen molar-refractivity contribution in [3.05, 3.63) is 0 Å². The van der Waals surface area contributed by atoms with E-state index in [1.54, 1.807) is 0 Å². The first-order chi connectivity index (χ1) is 7.02. The minimum Gasteiger partial charge on any atom is -0.338 e. The fraction of sp³-hybridized carbons (Fsp3) is 0.909. The summed E-state index contributed by atoms with van der Waals surface area (Å²) in [7, 11) is 0. The summed E-state index contributed by atoms with van der Waals surface area (Å²) in [6.45, 7) is 8.46. The Morgan fingerprint density at radius 3 is 2.53 bits per heavy atom. The Hall–Kier alpha value is -0.770. The fourth-order valence-corrected chi connectivity index (χ4v) is 1.29. The van der Waals surface area contributed by atoms with E-state index in [2.05, 4.69) is 24.5 Å². The summed E-state index contributed by atoms with van der Waals surface area (Å²) in [4.78, 5) is 11.3. The molecule has 0 saturated heterocycles. The van der Waals surface area contributed by atoms with E-state index in [-0.39, 0.29) is 11.4 Å². The molecule has 2 amide bonds. The molecule has 4 N–H and O–H groups in total. The molecule has 4 nitrogen and oxygen atoms in total. The zero-order valence-corrected chi connectivity index (χ0v) is 10.2. The van der Waals surface area contributed by atoms with Crippen molar-refractivity contribution in [2.45, 2.75) is 40.0 Å². The first kappa shape index (κ1) is 14.2. The maximum Gasteiger partial charge on any atom is 0.314 e. The lowest BCUT2D eigenvalue weighted by molar-refractivity contribution is 0.231. The molecule has 0 aliphatic carbocycles. The molecular formula is C11H25N3O. The highest BCUT2D eigenvalue weighted by Crippen LogP contribution is 2.20. The summed E-state index contributed by atoms with van der Waals surface area (Å²) < 4.78 is 0. The normalized spacial score (nSPS) is 11.2. The van der Waals surface area contributed by atoms with Gasteiger partial charge in [0.1, 0.15) is 0 Å². The number of rotatable bonds is 7. The summed E-state index contributed by atoms with van der Waals surface area (Å²) in [6, 6.07) is -0.0716. The SMILES string of the molecule is CCCNC(=O)NCC(C)(C)CCCN. The maximum absolute atomic E-state index is 11.3. The van der Waals surface area contributed by atoms with E-state index in [4.69, 9.17) is 5.73 Å². The van der Waals surface area contributed by atoms with Crippen molar-refractivity contribution in [1.82, 2.24) is 10.6 Å². The number of carbonyl (C=O) groups excluding carboxylic acids is 1. The Morgan fingerprint density at radius 1 is 1.33 bits per heavy atom. The first-order valence-corrected chi connectivity index (χ1v) is 5.73. The van der Waals surface area contributed by atoms with Crippen LogP contribution in [0, 0.1) is 5.41 Å². The Balaban J connectivity index is 3.67. The predicted molar refractivity (Wildman–Crippen MR) is 63.8 cm³/mol. The van der Waals surface area contributed by atoms with Crippen LogP contribution >= 0.6 is 0 Å². The zero-order valence-electron chi connectivity index (χ0n) is 10.2. The van der Waals surface area contributed by atoms with Gasteiger partial charge in [-0.1, -0.05) is 20.8 Å². The van der Waals surface area contributed by atoms with Gasteiger partial charge in [-0.3, -0.25) is 0 Å². The minimum atomic E-state index is -0.0716. The van der Waals surface area contributed by atoms with Crippen molar-refractivity contribution in [2.24, 2.45) is 11.1 Å². The molecule has 90 valence electrons. The summed E-state index contributed by atoms with van der Waals surface area (Å²) in [5.41, 5.74) is 5.59. The molecule has 0 aliphatic heterocycles. The molecule has 0 saturated carbocycles. The van der Waals surface area contributed by atoms with Gasteiger partial charge in [0, 0.05) is 13.1 Å². The molecule has 0 radical (unpaired) electrons. The molecule has 15 heavy (non-hydrogen) atoms. The van der Waals surface area contributed by atoms with Gasteiger partial charge in [0.05, 0.1) is 0 Å². The average molecular weight is 215 g/mol. The maximum atomic E-state index is 11.3. The van der Waals surface area contributed by atoms with Crippen LogP contribution in [-0.2, 0) is 0 Å². The summed E-state index contributed by atoms with van der Waals surface area (Å²) in [6.07, 6.45) is 3.01. The number of nitrogens with one attached hydrogen (secondary N) is 2. The van der Waals surface area contributed by atoms with Gasteiger partial charge < -0.3 is 16.4 Å². The van der Waals surface area contributed by atoms with E-state index in [9.17, 15) is 4.79 Å². The highest BCUT2D eigenvalue weighted by atomic mass is 16.2. The quantitative estimate of drug-likeness (QED) is 0.602. The molecule has 0 aromatic heterocycles. The smallest absolute Gasteiger partial charge is 0.314 e. The van der Waals surface area contributed by atoms with Crippen LogP contribution in [0.4, 0.5) is 4.79 Å². The average Bonchev–Trinajstić information content (AvgIpc) is 2.21. The summed E-state index contributed by atoms with van der Waals surface area (Å²) >= 11 is 0. The van der Waals surface area contributed by atoms with Crippen molar-refractivity contribution in [1.29, 1.82) is 0 Å². The van der Waals surface area contributed by atoms with Gasteiger partial charge in [-0.25, -0.2) is 4.79 Å². The van der Waals surface area contributed by atoms with E-state index in [1.165, 1.54) is 0 Å². The van der Waals surface area contributed by atoms with Crippen LogP contribution in [-0.4, -0.2) is 25.7 Å². The van der Waals surface area contributed by atoms with Gasteiger partial charge in [-0.2, -0.15) is 0 Å². The largest absolute Gasteiger partial charge is 0.338 e. The number of hydrogen-bond donors (Lipinski definition) is 3. The van der Waals surface area contributed by atoms with Gasteiger partial charge in [-0.15, -0.1) is 0 Å². The Morgan fingerprint density at radius 2 is 2.00 bits per heavy atom. The number of nitrogens with two attached hydrogens (primary N) is 1. The van der Waals surface area contributed by atoms with Gasteiger partial charge >= 0.3 is 6.03 Å². The van der Waals surface area contributed by atoms with Gasteiger partial charge in [0.15, 0.2) is 0 Å². The highest BCUT2D eigenvalue weighted by Gasteiger charge is 2.17. The molecule has 0 aliphatic rings. The Bertz CT molecular complexity index is 181. The van der Waals surface area contributed by atoms with Gasteiger partial charge in [0.2, 0.25) is 0 Å². The third kappa shape index (κ3) is 8.24. The van der Waals surface area contributed by atoms with Crippen LogP contribution in [0.1, 0.15) is 40.0 Å². The molecule has 0 spiro atoms. The topological polar surface area (TPSA) is 67.2 Å². The Labute approximate surface area is 93.0 Å². The molecule has 0 aromatic rings. The van der Waals surface area contributed by atoms with E-state index >= 15 is 0 Å². The van der Waals surface area contributed by atoms with Crippen molar-refractivity contribution < 1.29 is 4.79 Å². The molecule has 0 bridgehead atoms. The number of urea groups is 1. The van der Waals surface area contributed by atoms with E-state index in [0.717, 1.165) is 25.8 Å². The van der Waals surface area contributed by atoms with Crippen molar-refractivity contribution in [2.75, 3.05) is 19.6 Å². The monoisotopic (exact) mass is 215 g/mol.